The van der Waals surface area contributed by atoms with E-state index >= 15 is 0 Å². The normalized spacial score (nSPS) is 12.6. The largest absolute Gasteiger partial charge is 0.493 e. The Kier molecular flexibility index (Phi) is 5.93. The van der Waals surface area contributed by atoms with Gasteiger partial charge in [-0.15, -0.1) is 0 Å². The van der Waals surface area contributed by atoms with Crippen LogP contribution in [0.25, 0.3) is 0 Å². The summed E-state index contributed by atoms with van der Waals surface area (Å²) in [7, 11) is 3.02. The summed E-state index contributed by atoms with van der Waals surface area (Å²) < 4.78 is 29.2. The van der Waals surface area contributed by atoms with Gasteiger partial charge in [-0.3, -0.25) is 9.59 Å². The minimum Gasteiger partial charge on any atom is -0.493 e. The van der Waals surface area contributed by atoms with Crippen molar-refractivity contribution >= 4 is 23.2 Å². The fraction of sp³-hybridized carbons (Fsp3) is 0.167. The summed E-state index contributed by atoms with van der Waals surface area (Å²) >= 11 is 0. The van der Waals surface area contributed by atoms with Crippen LogP contribution in [0.1, 0.15) is 15.9 Å². The molecule has 3 aromatic rings. The lowest BCUT2D eigenvalue weighted by molar-refractivity contribution is -0.121. The number of ether oxygens (including phenoxy) is 3. The zero-order valence-corrected chi connectivity index (χ0v) is 17.6. The summed E-state index contributed by atoms with van der Waals surface area (Å²) in [4.78, 5) is 26.8. The Morgan fingerprint density at radius 3 is 2.50 bits per heavy atom. The Labute approximate surface area is 184 Å². The van der Waals surface area contributed by atoms with Gasteiger partial charge >= 0.3 is 0 Å². The van der Waals surface area contributed by atoms with Crippen molar-refractivity contribution in [1.29, 1.82) is 0 Å². The molecule has 4 rings (SSSR count). The van der Waals surface area contributed by atoms with Gasteiger partial charge < -0.3 is 24.4 Å². The first kappa shape index (κ1) is 21.2. The van der Waals surface area contributed by atoms with Gasteiger partial charge in [0.25, 0.3) is 11.8 Å². The van der Waals surface area contributed by atoms with Gasteiger partial charge in [0.05, 0.1) is 26.5 Å². The van der Waals surface area contributed by atoms with E-state index in [1.807, 2.05) is 0 Å². The molecule has 1 aliphatic heterocycles. The molecule has 0 fully saturated rings. The van der Waals surface area contributed by atoms with E-state index in [1.54, 1.807) is 53.4 Å². The maximum Gasteiger partial charge on any atom is 0.265 e. The van der Waals surface area contributed by atoms with E-state index in [0.29, 0.717) is 34.2 Å². The van der Waals surface area contributed by atoms with E-state index in [-0.39, 0.29) is 30.8 Å². The average Bonchev–Trinajstić information content (AvgIpc) is 2.81. The molecule has 1 aliphatic rings. The Bertz CT molecular complexity index is 1160. The second-order valence-corrected chi connectivity index (χ2v) is 7.10. The van der Waals surface area contributed by atoms with Gasteiger partial charge in [0.15, 0.2) is 18.1 Å². The van der Waals surface area contributed by atoms with Crippen LogP contribution < -0.4 is 24.4 Å². The topological polar surface area (TPSA) is 77.1 Å². The lowest BCUT2D eigenvalue weighted by Gasteiger charge is -2.30. The first-order valence-corrected chi connectivity index (χ1v) is 9.83. The van der Waals surface area contributed by atoms with E-state index in [2.05, 4.69) is 5.32 Å². The van der Waals surface area contributed by atoms with Gasteiger partial charge in [-0.2, -0.15) is 0 Å². The molecule has 0 spiro atoms. The van der Waals surface area contributed by atoms with Crippen molar-refractivity contribution in [3.63, 3.8) is 0 Å². The molecule has 0 radical (unpaired) electrons. The third-order valence-electron chi connectivity index (χ3n) is 5.06. The number of nitrogens with one attached hydrogen (secondary N) is 1. The molecular weight excluding hydrogens is 415 g/mol. The third kappa shape index (κ3) is 4.34. The first-order chi connectivity index (χ1) is 15.5. The Morgan fingerprint density at radius 1 is 1.03 bits per heavy atom. The van der Waals surface area contributed by atoms with E-state index in [4.69, 9.17) is 14.2 Å². The van der Waals surface area contributed by atoms with Crippen LogP contribution in [0.5, 0.6) is 17.2 Å². The van der Waals surface area contributed by atoms with Crippen LogP contribution in [0.4, 0.5) is 15.8 Å². The lowest BCUT2D eigenvalue weighted by atomic mass is 10.1. The third-order valence-corrected chi connectivity index (χ3v) is 5.06. The van der Waals surface area contributed by atoms with Crippen molar-refractivity contribution < 1.29 is 28.2 Å². The Morgan fingerprint density at radius 2 is 1.78 bits per heavy atom. The van der Waals surface area contributed by atoms with Gasteiger partial charge in [0.2, 0.25) is 0 Å². The number of benzene rings is 3. The van der Waals surface area contributed by atoms with Gasteiger partial charge in [-0.1, -0.05) is 12.1 Å². The molecule has 0 unspecified atom stereocenters. The highest BCUT2D eigenvalue weighted by atomic mass is 19.1. The average molecular weight is 436 g/mol. The van der Waals surface area contributed by atoms with Crippen LogP contribution >= 0.6 is 0 Å². The van der Waals surface area contributed by atoms with Crippen LogP contribution in [0.3, 0.4) is 0 Å². The second-order valence-electron chi connectivity index (χ2n) is 7.10. The van der Waals surface area contributed by atoms with Crippen LogP contribution in [0.2, 0.25) is 0 Å². The number of anilines is 2. The summed E-state index contributed by atoms with van der Waals surface area (Å²) in [6.07, 6.45) is 0. The Balaban J connectivity index is 1.58. The van der Waals surface area contributed by atoms with E-state index < -0.39 is 0 Å². The van der Waals surface area contributed by atoms with Gasteiger partial charge in [0, 0.05) is 11.3 Å². The second kappa shape index (κ2) is 8.97. The summed E-state index contributed by atoms with van der Waals surface area (Å²) in [5, 5.41) is 2.83. The zero-order valence-electron chi connectivity index (χ0n) is 17.6. The quantitative estimate of drug-likeness (QED) is 0.632. The lowest BCUT2D eigenvalue weighted by Crippen LogP contribution is -2.38. The molecule has 7 nitrogen and oxygen atoms in total. The highest BCUT2D eigenvalue weighted by Gasteiger charge is 2.26. The van der Waals surface area contributed by atoms with Crippen LogP contribution in [0, 0.1) is 5.82 Å². The zero-order chi connectivity index (χ0) is 22.7. The summed E-state index contributed by atoms with van der Waals surface area (Å²) in [6, 6.07) is 15.9. The van der Waals surface area contributed by atoms with Crippen molar-refractivity contribution in [2.75, 3.05) is 31.0 Å². The SMILES string of the molecule is COc1ccc(C(=O)Nc2ccc3c(c2)N(Cc2ccc(F)cc2)C(=O)CO3)cc1OC. The highest BCUT2D eigenvalue weighted by molar-refractivity contribution is 6.05. The molecule has 8 heteroatoms. The number of methoxy groups -OCH3 is 2. The minimum atomic E-state index is -0.348. The number of halogens is 1. The molecule has 0 aromatic heterocycles. The number of carbonyl (C=O) groups is 2. The van der Waals surface area contributed by atoms with E-state index in [9.17, 15) is 14.0 Å². The molecule has 0 saturated heterocycles. The monoisotopic (exact) mass is 436 g/mol. The van der Waals surface area contributed by atoms with Crippen molar-refractivity contribution in [1.82, 2.24) is 0 Å². The van der Waals surface area contributed by atoms with E-state index in [1.165, 1.54) is 26.4 Å². The molecule has 1 heterocycles. The minimum absolute atomic E-state index is 0.0917. The first-order valence-electron chi connectivity index (χ1n) is 9.83. The summed E-state index contributed by atoms with van der Waals surface area (Å²) in [6.45, 7) is 0.161. The number of amides is 2. The van der Waals surface area contributed by atoms with Gasteiger partial charge in [-0.25, -0.2) is 4.39 Å². The number of nitrogens with zero attached hydrogens (tertiary/aromatic N) is 1. The predicted molar refractivity (Wildman–Crippen MR) is 117 cm³/mol. The molecule has 3 aromatic carbocycles. The summed E-state index contributed by atoms with van der Waals surface area (Å²) in [5.74, 6) is 0.558. The molecule has 1 N–H and O–H groups in total. The van der Waals surface area contributed by atoms with Crippen molar-refractivity contribution in [3.8, 4) is 17.2 Å². The molecule has 0 atom stereocenters. The predicted octanol–water partition coefficient (Wildman–Crippen LogP) is 4.02. The number of carbonyl (C=O) groups excluding carboxylic acids is 2. The van der Waals surface area contributed by atoms with Crippen LogP contribution in [-0.2, 0) is 11.3 Å². The van der Waals surface area contributed by atoms with Crippen LogP contribution in [-0.4, -0.2) is 32.6 Å². The molecule has 0 bridgehead atoms. The molecule has 0 saturated carbocycles. The maximum atomic E-state index is 13.2. The fourth-order valence-corrected chi connectivity index (χ4v) is 3.41. The number of hydrogen-bond donors (Lipinski definition) is 1. The number of hydrogen-bond acceptors (Lipinski definition) is 5. The number of rotatable bonds is 6. The molecule has 32 heavy (non-hydrogen) atoms. The maximum absolute atomic E-state index is 13.2. The standard InChI is InChI=1S/C24H21FN2O5/c1-30-21-9-5-16(11-22(21)31-2)24(29)26-18-8-10-20-19(12-18)27(23(28)14-32-20)13-15-3-6-17(25)7-4-15/h3-12H,13-14H2,1-2H3,(H,26,29). The smallest absolute Gasteiger partial charge is 0.265 e. The molecule has 2 amide bonds. The highest BCUT2D eigenvalue weighted by Crippen LogP contribution is 2.36. The van der Waals surface area contributed by atoms with Gasteiger partial charge in [0.1, 0.15) is 11.6 Å². The number of fused-ring (bicyclic) bond motifs is 1. The molecule has 164 valence electrons. The van der Waals surface area contributed by atoms with Gasteiger partial charge in [-0.05, 0) is 54.1 Å². The van der Waals surface area contributed by atoms with Crippen molar-refractivity contribution in [3.05, 3.63) is 77.6 Å². The molecular formula is C24H21FN2O5. The Hall–Kier alpha value is -4.07. The van der Waals surface area contributed by atoms with Crippen LogP contribution in [0.15, 0.2) is 60.7 Å². The van der Waals surface area contributed by atoms with Crippen molar-refractivity contribution in [2.24, 2.45) is 0 Å². The summed E-state index contributed by atoms with van der Waals surface area (Å²) in [5.41, 5.74) is 2.17. The molecule has 0 aliphatic carbocycles. The fourth-order valence-electron chi connectivity index (χ4n) is 3.41. The van der Waals surface area contributed by atoms with E-state index in [0.717, 1.165) is 5.56 Å². The van der Waals surface area contributed by atoms with Crippen molar-refractivity contribution in [2.45, 2.75) is 6.54 Å².